The zero-order chi connectivity index (χ0) is 17.7. The summed E-state index contributed by atoms with van der Waals surface area (Å²) in [7, 11) is 0. The van der Waals surface area contributed by atoms with Crippen LogP contribution in [0, 0.1) is 12.7 Å². The fourth-order valence-electron chi connectivity index (χ4n) is 2.26. The van der Waals surface area contributed by atoms with Gasteiger partial charge in [-0.05, 0) is 42.3 Å². The van der Waals surface area contributed by atoms with Gasteiger partial charge in [0.25, 0.3) is 0 Å². The van der Waals surface area contributed by atoms with Crippen molar-refractivity contribution in [3.63, 3.8) is 0 Å². The van der Waals surface area contributed by atoms with E-state index in [-0.39, 0.29) is 30.7 Å². The number of hydrogen-bond donors (Lipinski definition) is 1. The minimum absolute atomic E-state index is 0.113. The molecule has 24 heavy (non-hydrogen) atoms. The standard InChI is InChI=1S/C18H18ClFN2O2/c1-12-16(19)4-3-5-17(12)22(13(2)23)11-18(24)21-10-14-6-8-15(20)9-7-14/h3-9H,10-11H2,1-2H3,(H,21,24). The number of rotatable bonds is 5. The molecule has 0 fully saturated rings. The Morgan fingerprint density at radius 1 is 1.17 bits per heavy atom. The van der Waals surface area contributed by atoms with Gasteiger partial charge in [0.15, 0.2) is 0 Å². The predicted octanol–water partition coefficient (Wildman–Crippen LogP) is 3.46. The fourth-order valence-corrected chi connectivity index (χ4v) is 2.43. The number of nitrogens with one attached hydrogen (secondary N) is 1. The molecule has 0 aliphatic rings. The first-order valence-corrected chi connectivity index (χ1v) is 7.80. The van der Waals surface area contributed by atoms with E-state index in [1.165, 1.54) is 24.0 Å². The third kappa shape index (κ3) is 4.55. The molecular weight excluding hydrogens is 331 g/mol. The zero-order valence-corrected chi connectivity index (χ0v) is 14.2. The van der Waals surface area contributed by atoms with Crippen LogP contribution in [0.25, 0.3) is 0 Å². The first-order valence-electron chi connectivity index (χ1n) is 7.43. The summed E-state index contributed by atoms with van der Waals surface area (Å²) in [5, 5.41) is 3.25. The van der Waals surface area contributed by atoms with Gasteiger partial charge in [0.1, 0.15) is 12.4 Å². The van der Waals surface area contributed by atoms with Crippen molar-refractivity contribution in [2.24, 2.45) is 0 Å². The maximum atomic E-state index is 12.9. The summed E-state index contributed by atoms with van der Waals surface area (Å²) < 4.78 is 12.9. The molecule has 0 atom stereocenters. The van der Waals surface area contributed by atoms with Gasteiger partial charge in [0, 0.05) is 24.2 Å². The first kappa shape index (κ1) is 17.9. The number of nitrogens with zero attached hydrogens (tertiary/aromatic N) is 1. The van der Waals surface area contributed by atoms with Crippen LogP contribution in [0.4, 0.5) is 10.1 Å². The van der Waals surface area contributed by atoms with E-state index in [1.54, 1.807) is 37.3 Å². The highest BCUT2D eigenvalue weighted by molar-refractivity contribution is 6.31. The number of amides is 2. The molecular formula is C18H18ClFN2O2. The van der Waals surface area contributed by atoms with Crippen molar-refractivity contribution in [1.82, 2.24) is 5.32 Å². The van der Waals surface area contributed by atoms with E-state index in [0.29, 0.717) is 10.7 Å². The van der Waals surface area contributed by atoms with E-state index in [0.717, 1.165) is 11.1 Å². The molecule has 0 heterocycles. The fraction of sp³-hybridized carbons (Fsp3) is 0.222. The molecule has 126 valence electrons. The first-order chi connectivity index (χ1) is 11.4. The average Bonchev–Trinajstić information content (AvgIpc) is 2.55. The van der Waals surface area contributed by atoms with Crippen LogP contribution in [0.15, 0.2) is 42.5 Å². The molecule has 2 aromatic carbocycles. The number of carbonyl (C=O) groups is 2. The molecule has 0 aliphatic carbocycles. The lowest BCUT2D eigenvalue weighted by atomic mass is 10.1. The topological polar surface area (TPSA) is 49.4 Å². The second-order valence-electron chi connectivity index (χ2n) is 5.39. The molecule has 2 amide bonds. The highest BCUT2D eigenvalue weighted by Gasteiger charge is 2.18. The Morgan fingerprint density at radius 2 is 1.83 bits per heavy atom. The van der Waals surface area contributed by atoms with Crippen LogP contribution in [0.2, 0.25) is 5.02 Å². The van der Waals surface area contributed by atoms with E-state index in [2.05, 4.69) is 5.32 Å². The SMILES string of the molecule is CC(=O)N(CC(=O)NCc1ccc(F)cc1)c1cccc(Cl)c1C. The normalized spacial score (nSPS) is 10.3. The van der Waals surface area contributed by atoms with E-state index < -0.39 is 0 Å². The quantitative estimate of drug-likeness (QED) is 0.899. The molecule has 0 spiro atoms. The molecule has 0 aromatic heterocycles. The molecule has 0 aliphatic heterocycles. The van der Waals surface area contributed by atoms with Crippen LogP contribution in [0.3, 0.4) is 0 Å². The van der Waals surface area contributed by atoms with Gasteiger partial charge >= 0.3 is 0 Å². The number of halogens is 2. The maximum absolute atomic E-state index is 12.9. The lowest BCUT2D eigenvalue weighted by Gasteiger charge is -2.23. The number of hydrogen-bond acceptors (Lipinski definition) is 2. The monoisotopic (exact) mass is 348 g/mol. The van der Waals surface area contributed by atoms with E-state index in [1.807, 2.05) is 0 Å². The molecule has 6 heteroatoms. The molecule has 0 unspecified atom stereocenters. The third-order valence-corrected chi connectivity index (χ3v) is 4.02. The van der Waals surface area contributed by atoms with Crippen LogP contribution < -0.4 is 10.2 Å². The van der Waals surface area contributed by atoms with Crippen LogP contribution in [-0.2, 0) is 16.1 Å². The van der Waals surface area contributed by atoms with Gasteiger partial charge in [-0.3, -0.25) is 9.59 Å². The van der Waals surface area contributed by atoms with E-state index in [4.69, 9.17) is 11.6 Å². The Balaban J connectivity index is 2.05. The Hall–Kier alpha value is -2.40. The minimum Gasteiger partial charge on any atom is -0.350 e. The number of benzene rings is 2. The summed E-state index contributed by atoms with van der Waals surface area (Å²) in [5.74, 6) is -0.893. The zero-order valence-electron chi connectivity index (χ0n) is 13.5. The van der Waals surface area contributed by atoms with Gasteiger partial charge in [-0.25, -0.2) is 4.39 Å². The molecule has 0 radical (unpaired) electrons. The predicted molar refractivity (Wildman–Crippen MR) is 92.5 cm³/mol. The smallest absolute Gasteiger partial charge is 0.240 e. The third-order valence-electron chi connectivity index (χ3n) is 3.61. The van der Waals surface area contributed by atoms with Gasteiger partial charge in [-0.15, -0.1) is 0 Å². The highest BCUT2D eigenvalue weighted by Crippen LogP contribution is 2.26. The largest absolute Gasteiger partial charge is 0.350 e. The van der Waals surface area contributed by atoms with Crippen molar-refractivity contribution >= 4 is 29.1 Å². The van der Waals surface area contributed by atoms with Gasteiger partial charge in [-0.2, -0.15) is 0 Å². The molecule has 2 rings (SSSR count). The van der Waals surface area contributed by atoms with Crippen molar-refractivity contribution in [2.45, 2.75) is 20.4 Å². The van der Waals surface area contributed by atoms with Crippen molar-refractivity contribution < 1.29 is 14.0 Å². The highest BCUT2D eigenvalue weighted by atomic mass is 35.5. The molecule has 0 bridgehead atoms. The van der Waals surface area contributed by atoms with Crippen molar-refractivity contribution in [3.8, 4) is 0 Å². The summed E-state index contributed by atoms with van der Waals surface area (Å²) >= 11 is 6.08. The summed E-state index contributed by atoms with van der Waals surface area (Å²) in [6, 6.07) is 11.1. The minimum atomic E-state index is -0.329. The Labute approximate surface area is 145 Å². The summed E-state index contributed by atoms with van der Waals surface area (Å²) in [5.41, 5.74) is 2.12. The lowest BCUT2D eigenvalue weighted by Crippen LogP contribution is -2.40. The van der Waals surface area contributed by atoms with Crippen LogP contribution in [-0.4, -0.2) is 18.4 Å². The van der Waals surface area contributed by atoms with Crippen molar-refractivity contribution in [1.29, 1.82) is 0 Å². The Morgan fingerprint density at radius 3 is 2.46 bits per heavy atom. The molecule has 1 N–H and O–H groups in total. The summed E-state index contributed by atoms with van der Waals surface area (Å²) in [6.07, 6.45) is 0. The molecule has 2 aromatic rings. The van der Waals surface area contributed by atoms with Gasteiger partial charge in [0.2, 0.25) is 11.8 Å². The summed E-state index contributed by atoms with van der Waals surface area (Å²) in [6.45, 7) is 3.34. The lowest BCUT2D eigenvalue weighted by molar-refractivity contribution is -0.123. The van der Waals surface area contributed by atoms with E-state index >= 15 is 0 Å². The van der Waals surface area contributed by atoms with Crippen LogP contribution in [0.5, 0.6) is 0 Å². The maximum Gasteiger partial charge on any atom is 0.240 e. The molecule has 0 saturated heterocycles. The number of carbonyl (C=O) groups excluding carboxylic acids is 2. The molecule has 4 nitrogen and oxygen atoms in total. The second-order valence-corrected chi connectivity index (χ2v) is 5.80. The Kier molecular flexibility index (Phi) is 5.93. The second kappa shape index (κ2) is 7.93. The van der Waals surface area contributed by atoms with Crippen LogP contribution in [0.1, 0.15) is 18.1 Å². The van der Waals surface area contributed by atoms with Gasteiger partial charge in [0.05, 0.1) is 0 Å². The number of anilines is 1. The van der Waals surface area contributed by atoms with E-state index in [9.17, 15) is 14.0 Å². The summed E-state index contributed by atoms with van der Waals surface area (Å²) in [4.78, 5) is 25.4. The van der Waals surface area contributed by atoms with Crippen molar-refractivity contribution in [3.05, 3.63) is 64.4 Å². The van der Waals surface area contributed by atoms with Gasteiger partial charge in [-0.1, -0.05) is 29.8 Å². The molecule has 0 saturated carbocycles. The van der Waals surface area contributed by atoms with Crippen molar-refractivity contribution in [2.75, 3.05) is 11.4 Å². The Bertz CT molecular complexity index is 747. The van der Waals surface area contributed by atoms with Gasteiger partial charge < -0.3 is 10.2 Å². The average molecular weight is 349 g/mol. The van der Waals surface area contributed by atoms with Crippen LogP contribution >= 0.6 is 11.6 Å².